The smallest absolute Gasteiger partial charge is 0.243 e. The molecule has 1 aliphatic heterocycles. The van der Waals surface area contributed by atoms with Crippen molar-refractivity contribution in [3.8, 4) is 5.75 Å². The molecule has 2 aromatic carbocycles. The van der Waals surface area contributed by atoms with Crippen molar-refractivity contribution in [3.63, 3.8) is 0 Å². The van der Waals surface area contributed by atoms with E-state index in [2.05, 4.69) is 12.2 Å². The number of carbonyl (C=O) groups is 1. The number of carbonyl (C=O) groups excluding carboxylic acids is 1. The van der Waals surface area contributed by atoms with E-state index in [0.29, 0.717) is 31.9 Å². The molecular weight excluding hydrogens is 390 g/mol. The van der Waals surface area contributed by atoms with Crippen molar-refractivity contribution < 1.29 is 17.9 Å². The molecule has 3 rings (SSSR count). The van der Waals surface area contributed by atoms with Crippen molar-refractivity contribution in [2.24, 2.45) is 0 Å². The third-order valence-electron chi connectivity index (χ3n) is 5.01. The van der Waals surface area contributed by atoms with Crippen LogP contribution < -0.4 is 10.1 Å². The molecule has 0 aromatic heterocycles. The monoisotopic (exact) mass is 417 g/mol. The van der Waals surface area contributed by atoms with Crippen molar-refractivity contribution in [2.75, 3.05) is 45.2 Å². The minimum absolute atomic E-state index is 0.0929. The van der Waals surface area contributed by atoms with Crippen LogP contribution in [0, 0.1) is 0 Å². The molecule has 156 valence electrons. The third-order valence-corrected chi connectivity index (χ3v) is 6.93. The number of anilines is 1. The number of methoxy groups -OCH3 is 1. The highest BCUT2D eigenvalue weighted by atomic mass is 32.2. The van der Waals surface area contributed by atoms with Gasteiger partial charge in [0, 0.05) is 31.9 Å². The molecule has 1 amide bonds. The maximum atomic E-state index is 12.8. The molecule has 2 aromatic rings. The van der Waals surface area contributed by atoms with Crippen molar-refractivity contribution in [1.82, 2.24) is 9.21 Å². The molecule has 8 heteroatoms. The van der Waals surface area contributed by atoms with Gasteiger partial charge in [-0.1, -0.05) is 19.1 Å². The van der Waals surface area contributed by atoms with Gasteiger partial charge in [0.25, 0.3) is 0 Å². The lowest BCUT2D eigenvalue weighted by molar-refractivity contribution is -0.117. The Kier molecular flexibility index (Phi) is 6.89. The Hall–Kier alpha value is -2.42. The summed E-state index contributed by atoms with van der Waals surface area (Å²) in [7, 11) is -2.00. The molecule has 7 nitrogen and oxygen atoms in total. The molecule has 0 radical (unpaired) electrons. The van der Waals surface area contributed by atoms with Crippen LogP contribution in [0.5, 0.6) is 5.75 Å². The van der Waals surface area contributed by atoms with E-state index in [9.17, 15) is 13.2 Å². The van der Waals surface area contributed by atoms with Gasteiger partial charge in [0.1, 0.15) is 5.75 Å². The van der Waals surface area contributed by atoms with Crippen molar-refractivity contribution in [2.45, 2.75) is 18.2 Å². The van der Waals surface area contributed by atoms with Gasteiger partial charge < -0.3 is 10.1 Å². The Morgan fingerprint density at radius 3 is 2.38 bits per heavy atom. The molecule has 0 atom stereocenters. The van der Waals surface area contributed by atoms with E-state index in [1.807, 2.05) is 29.2 Å². The number of rotatable bonds is 7. The van der Waals surface area contributed by atoms with E-state index in [1.165, 1.54) is 9.87 Å². The fourth-order valence-corrected chi connectivity index (χ4v) is 4.72. The molecule has 1 aliphatic rings. The number of amides is 1. The highest BCUT2D eigenvalue weighted by Gasteiger charge is 2.29. The quantitative estimate of drug-likeness (QED) is 0.747. The summed E-state index contributed by atoms with van der Waals surface area (Å²) in [6.07, 6.45) is 0.911. The van der Waals surface area contributed by atoms with Crippen LogP contribution in [0.15, 0.2) is 53.4 Å². The second-order valence-corrected chi connectivity index (χ2v) is 8.90. The van der Waals surface area contributed by atoms with E-state index in [-0.39, 0.29) is 17.3 Å². The lowest BCUT2D eigenvalue weighted by Crippen LogP contribution is -2.50. The summed E-state index contributed by atoms with van der Waals surface area (Å²) in [6, 6.07) is 14.2. The zero-order valence-corrected chi connectivity index (χ0v) is 17.6. The summed E-state index contributed by atoms with van der Waals surface area (Å²) >= 11 is 0. The Labute approximate surface area is 172 Å². The van der Waals surface area contributed by atoms with E-state index >= 15 is 0 Å². The van der Waals surface area contributed by atoms with Gasteiger partial charge in [-0.05, 0) is 48.4 Å². The van der Waals surface area contributed by atoms with Gasteiger partial charge in [-0.25, -0.2) is 8.42 Å². The maximum absolute atomic E-state index is 12.8. The predicted octanol–water partition coefficient (Wildman–Crippen LogP) is 2.20. The molecule has 0 bridgehead atoms. The number of ether oxygens (including phenoxy) is 1. The standard InChI is InChI=1S/C21H27N3O4S/c1-3-17-5-4-6-18(15-17)22-21(25)16-23-11-13-24(14-12-23)29(26,27)20-9-7-19(28-2)8-10-20/h4-10,15H,3,11-14,16H2,1-2H3,(H,22,25). The zero-order valence-electron chi connectivity index (χ0n) is 16.8. The minimum Gasteiger partial charge on any atom is -0.497 e. The highest BCUT2D eigenvalue weighted by Crippen LogP contribution is 2.20. The van der Waals surface area contributed by atoms with Crippen molar-refractivity contribution in [3.05, 3.63) is 54.1 Å². The predicted molar refractivity (Wildman–Crippen MR) is 113 cm³/mol. The Balaban J connectivity index is 1.53. The molecular formula is C21H27N3O4S. The fourth-order valence-electron chi connectivity index (χ4n) is 3.30. The molecule has 0 saturated carbocycles. The second kappa shape index (κ2) is 9.39. The average Bonchev–Trinajstić information content (AvgIpc) is 2.74. The normalized spacial score (nSPS) is 15.8. The summed E-state index contributed by atoms with van der Waals surface area (Å²) in [5, 5.41) is 2.92. The van der Waals surface area contributed by atoms with E-state index < -0.39 is 10.0 Å². The Morgan fingerprint density at radius 1 is 1.07 bits per heavy atom. The van der Waals surface area contributed by atoms with Gasteiger partial charge in [0.2, 0.25) is 15.9 Å². The van der Waals surface area contributed by atoms with E-state index in [4.69, 9.17) is 4.74 Å². The number of hydrogen-bond acceptors (Lipinski definition) is 5. The summed E-state index contributed by atoms with van der Waals surface area (Å²) in [6.45, 7) is 4.04. The first kappa shape index (κ1) is 21.3. The van der Waals surface area contributed by atoms with Crippen LogP contribution in [0.1, 0.15) is 12.5 Å². The molecule has 0 unspecified atom stereocenters. The van der Waals surface area contributed by atoms with Crippen LogP contribution in [-0.4, -0.2) is 63.4 Å². The van der Waals surface area contributed by atoms with Gasteiger partial charge in [-0.2, -0.15) is 4.31 Å². The van der Waals surface area contributed by atoms with Gasteiger partial charge in [-0.3, -0.25) is 9.69 Å². The molecule has 0 aliphatic carbocycles. The average molecular weight is 418 g/mol. The van der Waals surface area contributed by atoms with Crippen LogP contribution in [0.2, 0.25) is 0 Å². The SMILES string of the molecule is CCc1cccc(NC(=O)CN2CCN(S(=O)(=O)c3ccc(OC)cc3)CC2)c1. The maximum Gasteiger partial charge on any atom is 0.243 e. The largest absolute Gasteiger partial charge is 0.497 e. The van der Waals surface area contributed by atoms with Gasteiger partial charge in [-0.15, -0.1) is 0 Å². The van der Waals surface area contributed by atoms with Gasteiger partial charge in [0.05, 0.1) is 18.6 Å². The molecule has 1 saturated heterocycles. The van der Waals surface area contributed by atoms with Crippen LogP contribution in [0.4, 0.5) is 5.69 Å². The number of sulfonamides is 1. The topological polar surface area (TPSA) is 79.0 Å². The van der Waals surface area contributed by atoms with Crippen LogP contribution in [0.3, 0.4) is 0 Å². The molecule has 1 N–H and O–H groups in total. The first-order valence-corrected chi connectivity index (χ1v) is 11.1. The summed E-state index contributed by atoms with van der Waals surface area (Å²) < 4.78 is 32.2. The number of nitrogens with one attached hydrogen (secondary N) is 1. The number of hydrogen-bond donors (Lipinski definition) is 1. The van der Waals surface area contributed by atoms with Crippen LogP contribution in [0.25, 0.3) is 0 Å². The van der Waals surface area contributed by atoms with Gasteiger partial charge in [0.15, 0.2) is 0 Å². The van der Waals surface area contributed by atoms with E-state index in [1.54, 1.807) is 31.4 Å². The second-order valence-electron chi connectivity index (χ2n) is 6.96. The molecule has 1 fully saturated rings. The molecule has 0 spiro atoms. The molecule has 1 heterocycles. The van der Waals surface area contributed by atoms with Gasteiger partial charge >= 0.3 is 0 Å². The third kappa shape index (κ3) is 5.35. The minimum atomic E-state index is -3.54. The Bertz CT molecular complexity index is 937. The number of benzene rings is 2. The highest BCUT2D eigenvalue weighted by molar-refractivity contribution is 7.89. The van der Waals surface area contributed by atoms with Crippen molar-refractivity contribution in [1.29, 1.82) is 0 Å². The van der Waals surface area contributed by atoms with Crippen LogP contribution in [-0.2, 0) is 21.2 Å². The fraction of sp³-hybridized carbons (Fsp3) is 0.381. The lowest BCUT2D eigenvalue weighted by atomic mass is 10.1. The summed E-state index contributed by atoms with van der Waals surface area (Å²) in [5.41, 5.74) is 1.95. The number of nitrogens with zero attached hydrogens (tertiary/aromatic N) is 2. The first-order valence-electron chi connectivity index (χ1n) is 9.67. The van der Waals surface area contributed by atoms with Crippen molar-refractivity contribution >= 4 is 21.6 Å². The summed E-state index contributed by atoms with van der Waals surface area (Å²) in [4.78, 5) is 14.6. The number of aryl methyl sites for hydroxylation is 1. The zero-order chi connectivity index (χ0) is 20.9. The first-order chi connectivity index (χ1) is 13.9. The van der Waals surface area contributed by atoms with Crippen LogP contribution >= 0.6 is 0 Å². The number of piperazine rings is 1. The lowest BCUT2D eigenvalue weighted by Gasteiger charge is -2.33. The van der Waals surface area contributed by atoms with E-state index in [0.717, 1.165) is 12.1 Å². The molecule has 29 heavy (non-hydrogen) atoms. The summed E-state index contributed by atoms with van der Waals surface area (Å²) in [5.74, 6) is 0.522. The Morgan fingerprint density at radius 2 is 1.76 bits per heavy atom.